The summed E-state index contributed by atoms with van der Waals surface area (Å²) in [6, 6.07) is 16.1. The minimum absolute atomic E-state index is 0.123. The zero-order valence-electron chi connectivity index (χ0n) is 14.9. The molecule has 1 atom stereocenters. The first kappa shape index (κ1) is 18.0. The Kier molecular flexibility index (Phi) is 5.89. The molecule has 0 bridgehead atoms. The average molecular weight is 353 g/mol. The highest BCUT2D eigenvalue weighted by atomic mass is 16.5. The maximum atomic E-state index is 12.4. The number of carbonyl (C=O) groups excluding carboxylic acids is 2. The van der Waals surface area contributed by atoms with E-state index in [0.29, 0.717) is 11.3 Å². The van der Waals surface area contributed by atoms with Gasteiger partial charge in [-0.2, -0.15) is 0 Å². The normalized spacial score (nSPS) is 15.2. The summed E-state index contributed by atoms with van der Waals surface area (Å²) in [6.45, 7) is 3.11. The molecule has 0 radical (unpaired) electrons. The van der Waals surface area contributed by atoms with Crippen LogP contribution in [0.5, 0.6) is 11.5 Å². The highest BCUT2D eigenvalue weighted by Crippen LogP contribution is 2.21. The molecule has 1 saturated heterocycles. The van der Waals surface area contributed by atoms with Crippen LogP contribution in [0.2, 0.25) is 0 Å². The maximum Gasteiger partial charge on any atom is 0.338 e. The Balaban J connectivity index is 1.56. The van der Waals surface area contributed by atoms with Gasteiger partial charge in [0.1, 0.15) is 11.5 Å². The molecule has 136 valence electrons. The number of esters is 1. The molecule has 0 aliphatic carbocycles. The number of para-hydroxylation sites is 1. The van der Waals surface area contributed by atoms with Crippen molar-refractivity contribution in [1.29, 1.82) is 0 Å². The molecule has 0 aromatic heterocycles. The van der Waals surface area contributed by atoms with E-state index in [9.17, 15) is 9.59 Å². The summed E-state index contributed by atoms with van der Waals surface area (Å²) < 4.78 is 11.0. The molecule has 26 heavy (non-hydrogen) atoms. The first-order chi connectivity index (χ1) is 12.6. The zero-order chi connectivity index (χ0) is 18.4. The van der Waals surface area contributed by atoms with Gasteiger partial charge in [-0.25, -0.2) is 4.79 Å². The molecule has 5 nitrogen and oxygen atoms in total. The van der Waals surface area contributed by atoms with Crippen molar-refractivity contribution >= 4 is 11.9 Å². The third kappa shape index (κ3) is 4.63. The van der Waals surface area contributed by atoms with Crippen molar-refractivity contribution < 1.29 is 19.1 Å². The van der Waals surface area contributed by atoms with Gasteiger partial charge >= 0.3 is 5.97 Å². The number of nitrogens with zero attached hydrogens (tertiary/aromatic N) is 1. The van der Waals surface area contributed by atoms with Crippen LogP contribution >= 0.6 is 0 Å². The maximum absolute atomic E-state index is 12.4. The van der Waals surface area contributed by atoms with Crippen LogP contribution in [0.15, 0.2) is 54.6 Å². The van der Waals surface area contributed by atoms with E-state index in [0.717, 1.165) is 38.1 Å². The fraction of sp³-hybridized carbons (Fsp3) is 0.333. The minimum atomic E-state index is -0.777. The predicted octanol–water partition coefficient (Wildman–Crippen LogP) is 4.04. The van der Waals surface area contributed by atoms with Crippen LogP contribution in [0.25, 0.3) is 0 Å². The molecular weight excluding hydrogens is 330 g/mol. The molecular formula is C21H23NO4. The number of hydrogen-bond acceptors (Lipinski definition) is 4. The van der Waals surface area contributed by atoms with Crippen molar-refractivity contribution in [3.8, 4) is 11.5 Å². The Hall–Kier alpha value is -2.82. The van der Waals surface area contributed by atoms with Gasteiger partial charge in [-0.1, -0.05) is 18.2 Å². The van der Waals surface area contributed by atoms with Crippen LogP contribution in [0.3, 0.4) is 0 Å². The summed E-state index contributed by atoms with van der Waals surface area (Å²) in [7, 11) is 0. The van der Waals surface area contributed by atoms with Gasteiger partial charge in [-0.3, -0.25) is 4.79 Å². The van der Waals surface area contributed by atoms with Gasteiger partial charge in [0.25, 0.3) is 5.91 Å². The standard InChI is InChI=1S/C21H23NO4/c1-16(20(23)22-14-6-3-7-15-22)25-21(24)17-10-12-19(13-11-17)26-18-8-4-2-5-9-18/h2,4-5,8-13,16H,3,6-7,14-15H2,1H3/t16-/m0/s1. The summed E-state index contributed by atoms with van der Waals surface area (Å²) in [5.74, 6) is 0.727. The van der Waals surface area contributed by atoms with Crippen molar-refractivity contribution in [2.24, 2.45) is 0 Å². The second kappa shape index (κ2) is 8.52. The Morgan fingerprint density at radius 1 is 0.885 bits per heavy atom. The highest BCUT2D eigenvalue weighted by molar-refractivity contribution is 5.92. The van der Waals surface area contributed by atoms with E-state index in [-0.39, 0.29) is 5.91 Å². The quantitative estimate of drug-likeness (QED) is 0.762. The van der Waals surface area contributed by atoms with Crippen molar-refractivity contribution in [3.05, 3.63) is 60.2 Å². The molecule has 0 spiro atoms. The number of carbonyl (C=O) groups is 2. The number of likely N-dealkylation sites (tertiary alicyclic amines) is 1. The average Bonchev–Trinajstić information content (AvgIpc) is 2.69. The van der Waals surface area contributed by atoms with Crippen LogP contribution in [0, 0.1) is 0 Å². The summed E-state index contributed by atoms with van der Waals surface area (Å²) in [5.41, 5.74) is 0.392. The molecule has 2 aromatic rings. The van der Waals surface area contributed by atoms with E-state index in [1.54, 1.807) is 36.1 Å². The summed E-state index contributed by atoms with van der Waals surface area (Å²) in [4.78, 5) is 26.4. The van der Waals surface area contributed by atoms with Crippen LogP contribution in [-0.2, 0) is 9.53 Å². The molecule has 1 aliphatic heterocycles. The fourth-order valence-electron chi connectivity index (χ4n) is 2.93. The van der Waals surface area contributed by atoms with Gasteiger partial charge in [-0.15, -0.1) is 0 Å². The predicted molar refractivity (Wildman–Crippen MR) is 98.3 cm³/mol. The first-order valence-corrected chi connectivity index (χ1v) is 8.96. The monoisotopic (exact) mass is 353 g/mol. The molecule has 0 saturated carbocycles. The molecule has 0 unspecified atom stereocenters. The van der Waals surface area contributed by atoms with Crippen LogP contribution in [0.1, 0.15) is 36.5 Å². The van der Waals surface area contributed by atoms with Gasteiger partial charge < -0.3 is 14.4 Å². The van der Waals surface area contributed by atoms with E-state index in [2.05, 4.69) is 0 Å². The third-order valence-corrected chi connectivity index (χ3v) is 4.37. The molecule has 1 fully saturated rings. The van der Waals surface area contributed by atoms with Crippen LogP contribution in [-0.4, -0.2) is 36.0 Å². The van der Waals surface area contributed by atoms with Crippen LogP contribution < -0.4 is 4.74 Å². The second-order valence-electron chi connectivity index (χ2n) is 6.37. The van der Waals surface area contributed by atoms with E-state index >= 15 is 0 Å². The van der Waals surface area contributed by atoms with Crippen LogP contribution in [0.4, 0.5) is 0 Å². The van der Waals surface area contributed by atoms with Gasteiger partial charge in [-0.05, 0) is 62.6 Å². The van der Waals surface area contributed by atoms with Gasteiger partial charge in [0.2, 0.25) is 0 Å². The van der Waals surface area contributed by atoms with E-state index in [4.69, 9.17) is 9.47 Å². The number of amides is 1. The Morgan fingerprint density at radius 3 is 2.15 bits per heavy atom. The minimum Gasteiger partial charge on any atom is -0.457 e. The molecule has 3 rings (SSSR count). The Bertz CT molecular complexity index is 736. The topological polar surface area (TPSA) is 55.8 Å². The van der Waals surface area contributed by atoms with Gasteiger partial charge in [0.05, 0.1) is 5.56 Å². The molecule has 5 heteroatoms. The third-order valence-electron chi connectivity index (χ3n) is 4.37. The smallest absolute Gasteiger partial charge is 0.338 e. The number of hydrogen-bond donors (Lipinski definition) is 0. The van der Waals surface area contributed by atoms with Crippen molar-refractivity contribution in [1.82, 2.24) is 4.90 Å². The summed E-state index contributed by atoms with van der Waals surface area (Å²) in [5, 5.41) is 0. The lowest BCUT2D eigenvalue weighted by Crippen LogP contribution is -2.42. The van der Waals surface area contributed by atoms with Gasteiger partial charge in [0.15, 0.2) is 6.10 Å². The van der Waals surface area contributed by atoms with E-state index in [1.807, 2.05) is 30.3 Å². The molecule has 1 aliphatic rings. The fourth-order valence-corrected chi connectivity index (χ4v) is 2.93. The Morgan fingerprint density at radius 2 is 1.50 bits per heavy atom. The highest BCUT2D eigenvalue weighted by Gasteiger charge is 2.25. The lowest BCUT2D eigenvalue weighted by molar-refractivity contribution is -0.140. The molecule has 1 amide bonds. The molecule has 1 heterocycles. The zero-order valence-corrected chi connectivity index (χ0v) is 14.9. The van der Waals surface area contributed by atoms with E-state index in [1.165, 1.54) is 0 Å². The number of benzene rings is 2. The van der Waals surface area contributed by atoms with E-state index < -0.39 is 12.1 Å². The lowest BCUT2D eigenvalue weighted by Gasteiger charge is -2.28. The van der Waals surface area contributed by atoms with Gasteiger partial charge in [0, 0.05) is 13.1 Å². The number of ether oxygens (including phenoxy) is 2. The number of rotatable bonds is 5. The SMILES string of the molecule is C[C@H](OC(=O)c1ccc(Oc2ccccc2)cc1)C(=O)N1CCCCC1. The van der Waals surface area contributed by atoms with Crippen molar-refractivity contribution in [2.75, 3.05) is 13.1 Å². The Labute approximate surface area is 153 Å². The summed E-state index contributed by atoms with van der Waals surface area (Å²) in [6.07, 6.45) is 2.39. The van der Waals surface area contributed by atoms with Crippen molar-refractivity contribution in [2.45, 2.75) is 32.3 Å². The largest absolute Gasteiger partial charge is 0.457 e. The van der Waals surface area contributed by atoms with Crippen molar-refractivity contribution in [3.63, 3.8) is 0 Å². The second-order valence-corrected chi connectivity index (χ2v) is 6.37. The lowest BCUT2D eigenvalue weighted by atomic mass is 10.1. The molecule has 2 aromatic carbocycles. The summed E-state index contributed by atoms with van der Waals surface area (Å²) >= 11 is 0. The first-order valence-electron chi connectivity index (χ1n) is 8.96. The number of piperidine rings is 1. The molecule has 0 N–H and O–H groups in total.